The summed E-state index contributed by atoms with van der Waals surface area (Å²) in [6.07, 6.45) is -2.93. The van der Waals surface area contributed by atoms with Gasteiger partial charge in [-0.3, -0.25) is 24.2 Å². The molecule has 3 fully saturated rings. The van der Waals surface area contributed by atoms with Gasteiger partial charge in [0, 0.05) is 18.5 Å². The van der Waals surface area contributed by atoms with Crippen molar-refractivity contribution in [2.24, 2.45) is 29.1 Å². The number of hydrogen-bond acceptors (Lipinski definition) is 8. The quantitative estimate of drug-likeness (QED) is 0.265. The molecule has 10 nitrogen and oxygen atoms in total. The van der Waals surface area contributed by atoms with Crippen molar-refractivity contribution < 1.29 is 42.2 Å². The van der Waals surface area contributed by atoms with E-state index in [2.05, 4.69) is 4.98 Å². The number of nitrogens with zero attached hydrogens (tertiary/aromatic N) is 4. The number of ether oxygens (including phenoxy) is 1. The first kappa shape index (κ1) is 32.6. The fraction of sp³-hybridized carbons (Fsp3) is 0.343. The maximum absolute atomic E-state index is 14.5. The number of fused-ring (bicyclic) bond motifs is 4. The Morgan fingerprint density at radius 3 is 2.37 bits per heavy atom. The summed E-state index contributed by atoms with van der Waals surface area (Å²) in [5, 5.41) is 12.8. The largest absolute Gasteiger partial charge is 0.508 e. The number of phenolic OH excluding ortho intramolecular Hbond substituents is 1. The number of hydrazine groups is 1. The van der Waals surface area contributed by atoms with Crippen LogP contribution >= 0.6 is 11.6 Å². The van der Waals surface area contributed by atoms with Crippen molar-refractivity contribution in [3.8, 4) is 11.5 Å². The first-order chi connectivity index (χ1) is 23.2. The molecule has 254 valence electrons. The van der Waals surface area contributed by atoms with E-state index in [1.807, 2.05) is 0 Å². The lowest BCUT2D eigenvalue weighted by Gasteiger charge is -2.49. The van der Waals surface area contributed by atoms with Crippen molar-refractivity contribution >= 4 is 46.7 Å². The van der Waals surface area contributed by atoms with E-state index in [4.69, 9.17) is 16.3 Å². The summed E-state index contributed by atoms with van der Waals surface area (Å²) < 4.78 is 46.3. The molecule has 4 aliphatic rings. The number of aromatic hydroxyl groups is 1. The molecule has 2 aromatic carbocycles. The molecule has 1 saturated carbocycles. The molecule has 2 saturated heterocycles. The van der Waals surface area contributed by atoms with Crippen LogP contribution in [0.15, 0.2) is 72.3 Å². The van der Waals surface area contributed by atoms with Crippen molar-refractivity contribution in [3.05, 3.63) is 88.6 Å². The number of phenols is 1. The van der Waals surface area contributed by atoms with Crippen LogP contribution < -0.4 is 14.6 Å². The lowest BCUT2D eigenvalue weighted by atomic mass is 9.51. The zero-order valence-corrected chi connectivity index (χ0v) is 27.2. The number of halogens is 4. The van der Waals surface area contributed by atoms with Gasteiger partial charge < -0.3 is 9.84 Å². The molecular formula is C35H30ClF3N4O6. The van der Waals surface area contributed by atoms with Gasteiger partial charge in [0.2, 0.25) is 11.8 Å². The minimum Gasteiger partial charge on any atom is -0.508 e. The van der Waals surface area contributed by atoms with E-state index in [1.54, 1.807) is 55.5 Å². The lowest BCUT2D eigenvalue weighted by Crippen LogP contribution is -2.49. The standard InChI is InChI=1S/C35H30ClF3N4O6/c1-34-21(31(46)42(33(34)48)17-8-5-4-6-9-17)16-20-18(28(34)27-23(44)10-7-11-24(27)49-3)12-13-19-26(20)32(47)43(30(19)45)41(2)29-22(36)14-15-25(40-29)35(37,38)39/h4-12,14-15,19-21,26,28,44H,13,16H2,1-3H3/t19-,20+,21-,26-,28+,34+/m0/s1. The molecule has 1 N–H and O–H groups in total. The van der Waals surface area contributed by atoms with Gasteiger partial charge in [0.25, 0.3) is 11.8 Å². The molecule has 2 aliphatic carbocycles. The van der Waals surface area contributed by atoms with Gasteiger partial charge in [-0.2, -0.15) is 18.2 Å². The Morgan fingerprint density at radius 1 is 0.980 bits per heavy atom. The molecule has 4 amide bonds. The topological polar surface area (TPSA) is 120 Å². The maximum Gasteiger partial charge on any atom is 0.433 e. The molecule has 14 heteroatoms. The van der Waals surface area contributed by atoms with Crippen molar-refractivity contribution in [2.45, 2.75) is 31.9 Å². The first-order valence-corrected chi connectivity index (χ1v) is 15.9. The van der Waals surface area contributed by atoms with E-state index in [-0.39, 0.29) is 34.9 Å². The van der Waals surface area contributed by atoms with E-state index < -0.39 is 76.3 Å². The minimum atomic E-state index is -4.81. The van der Waals surface area contributed by atoms with Crippen LogP contribution in [0.1, 0.15) is 36.9 Å². The Kier molecular flexibility index (Phi) is 7.54. The number of anilines is 2. The van der Waals surface area contributed by atoms with Gasteiger partial charge in [-0.1, -0.05) is 47.5 Å². The summed E-state index contributed by atoms with van der Waals surface area (Å²) in [6.45, 7) is 1.68. The van der Waals surface area contributed by atoms with Gasteiger partial charge >= 0.3 is 6.18 Å². The van der Waals surface area contributed by atoms with E-state index in [0.29, 0.717) is 17.3 Å². The number of alkyl halides is 3. The lowest BCUT2D eigenvalue weighted by molar-refractivity contribution is -0.141. The number of benzene rings is 2. The molecule has 49 heavy (non-hydrogen) atoms. The Balaban J connectivity index is 1.35. The fourth-order valence-corrected chi connectivity index (χ4v) is 8.56. The first-order valence-electron chi connectivity index (χ1n) is 15.6. The van der Waals surface area contributed by atoms with Crippen molar-refractivity contribution in [2.75, 3.05) is 24.1 Å². The fourth-order valence-electron chi connectivity index (χ4n) is 8.34. The van der Waals surface area contributed by atoms with E-state index in [9.17, 15) is 37.5 Å². The van der Waals surface area contributed by atoms with Gasteiger partial charge in [-0.05, 0) is 62.1 Å². The van der Waals surface area contributed by atoms with Crippen LogP contribution in [0, 0.1) is 29.1 Å². The Hall–Kier alpha value is -4.91. The van der Waals surface area contributed by atoms with Crippen LogP contribution in [0.4, 0.5) is 24.7 Å². The summed E-state index contributed by atoms with van der Waals surface area (Å²) in [4.78, 5) is 61.9. The van der Waals surface area contributed by atoms with Gasteiger partial charge in [0.05, 0.1) is 41.0 Å². The average molecular weight is 695 g/mol. The highest BCUT2D eigenvalue weighted by molar-refractivity contribution is 6.33. The third-order valence-corrected chi connectivity index (χ3v) is 10.8. The van der Waals surface area contributed by atoms with Gasteiger partial charge in [0.15, 0.2) is 5.82 Å². The second kappa shape index (κ2) is 11.3. The molecule has 3 aromatic rings. The highest BCUT2D eigenvalue weighted by Crippen LogP contribution is 2.65. The zero-order chi connectivity index (χ0) is 35.2. The minimum absolute atomic E-state index is 0.0307. The summed E-state index contributed by atoms with van der Waals surface area (Å²) in [6, 6.07) is 14.8. The predicted octanol–water partition coefficient (Wildman–Crippen LogP) is 5.75. The molecule has 0 unspecified atom stereocenters. The number of allylic oxidation sites excluding steroid dienone is 2. The number of carbonyl (C=O) groups excluding carboxylic acids is 4. The number of methoxy groups -OCH3 is 1. The molecule has 3 heterocycles. The third kappa shape index (κ3) is 4.65. The monoisotopic (exact) mass is 694 g/mol. The molecule has 0 radical (unpaired) electrons. The van der Waals surface area contributed by atoms with E-state index in [0.717, 1.165) is 21.0 Å². The van der Waals surface area contributed by atoms with Gasteiger partial charge in [-0.25, -0.2) is 9.88 Å². The Labute approximate surface area is 283 Å². The van der Waals surface area contributed by atoms with Crippen LogP contribution in [0.2, 0.25) is 5.02 Å². The number of amides is 4. The second-order valence-corrected chi connectivity index (χ2v) is 13.3. The highest BCUT2D eigenvalue weighted by atomic mass is 35.5. The Bertz CT molecular complexity index is 1950. The summed E-state index contributed by atoms with van der Waals surface area (Å²) >= 11 is 6.24. The normalized spacial score (nSPS) is 27.9. The van der Waals surface area contributed by atoms with Crippen LogP contribution in [0.5, 0.6) is 11.5 Å². The number of rotatable bonds is 5. The summed E-state index contributed by atoms with van der Waals surface area (Å²) in [5.41, 5.74) is -1.44. The zero-order valence-electron chi connectivity index (χ0n) is 26.4. The molecular weight excluding hydrogens is 665 g/mol. The SMILES string of the molecule is COc1cccc(O)c1[C@H]1C2=CC[C@@H]3C(=O)N(N(C)c4nc(C(F)(F)F)ccc4Cl)C(=O)[C@@H]3[C@@H]2C[C@H]2C(=O)N(c3ccccc3)C(=O)[C@@]12C. The summed E-state index contributed by atoms with van der Waals surface area (Å²) in [7, 11) is 2.65. The molecule has 2 aliphatic heterocycles. The molecule has 0 spiro atoms. The number of para-hydroxylation sites is 1. The van der Waals surface area contributed by atoms with Gasteiger partial charge in [-0.15, -0.1) is 0 Å². The predicted molar refractivity (Wildman–Crippen MR) is 170 cm³/mol. The van der Waals surface area contributed by atoms with E-state index in [1.165, 1.54) is 20.2 Å². The van der Waals surface area contributed by atoms with Crippen LogP contribution in [0.3, 0.4) is 0 Å². The second-order valence-electron chi connectivity index (χ2n) is 12.9. The Morgan fingerprint density at radius 2 is 1.69 bits per heavy atom. The van der Waals surface area contributed by atoms with Crippen LogP contribution in [-0.4, -0.2) is 52.9 Å². The number of carbonyl (C=O) groups is 4. The number of pyridine rings is 1. The third-order valence-electron chi connectivity index (χ3n) is 10.5. The molecule has 1 aromatic heterocycles. The maximum atomic E-state index is 14.5. The molecule has 0 bridgehead atoms. The van der Waals surface area contributed by atoms with Crippen molar-refractivity contribution in [1.29, 1.82) is 0 Å². The molecule has 7 rings (SSSR count). The van der Waals surface area contributed by atoms with Crippen molar-refractivity contribution in [3.63, 3.8) is 0 Å². The van der Waals surface area contributed by atoms with Gasteiger partial charge in [0.1, 0.15) is 17.2 Å². The van der Waals surface area contributed by atoms with E-state index >= 15 is 0 Å². The average Bonchev–Trinajstić information content (AvgIpc) is 3.44. The molecule has 6 atom stereocenters. The number of hydrogen-bond donors (Lipinski definition) is 1. The van der Waals surface area contributed by atoms with Crippen molar-refractivity contribution in [1.82, 2.24) is 9.99 Å². The highest BCUT2D eigenvalue weighted by Gasteiger charge is 2.68. The number of aromatic nitrogens is 1. The van der Waals surface area contributed by atoms with Crippen LogP contribution in [-0.2, 0) is 25.4 Å². The van der Waals surface area contributed by atoms with Crippen LogP contribution in [0.25, 0.3) is 0 Å². The number of imide groups is 2. The summed E-state index contributed by atoms with van der Waals surface area (Å²) in [5.74, 6) is -7.27. The smallest absolute Gasteiger partial charge is 0.433 e.